The molecular formula is C16H20O2. The Balaban J connectivity index is 1.64. The van der Waals surface area contributed by atoms with Crippen LogP contribution in [0.5, 0.6) is 5.75 Å². The van der Waals surface area contributed by atoms with Gasteiger partial charge >= 0.3 is 0 Å². The molecule has 1 aliphatic carbocycles. The molecule has 96 valence electrons. The van der Waals surface area contributed by atoms with Gasteiger partial charge in [-0.25, -0.2) is 0 Å². The molecule has 0 N–H and O–H groups in total. The summed E-state index contributed by atoms with van der Waals surface area (Å²) in [5, 5.41) is 0. The second kappa shape index (κ2) is 4.27. The molecule has 4 rings (SSSR count). The summed E-state index contributed by atoms with van der Waals surface area (Å²) < 4.78 is 12.3. The van der Waals surface area contributed by atoms with Crippen molar-refractivity contribution in [2.75, 3.05) is 6.61 Å². The van der Waals surface area contributed by atoms with Gasteiger partial charge in [0.2, 0.25) is 0 Å². The predicted molar refractivity (Wildman–Crippen MR) is 69.6 cm³/mol. The Hall–Kier alpha value is -1.02. The molecule has 1 aromatic rings. The van der Waals surface area contributed by atoms with E-state index in [1.807, 2.05) is 6.07 Å². The van der Waals surface area contributed by atoms with Crippen LogP contribution in [-0.4, -0.2) is 12.7 Å². The van der Waals surface area contributed by atoms with Gasteiger partial charge in [0.1, 0.15) is 5.75 Å². The SMILES string of the molecule is c1ccc2c(c1)OC[C@@H]1C[C@@H]3CCCC[C@H]3O[C@@H]21. The van der Waals surface area contributed by atoms with Crippen molar-refractivity contribution in [2.45, 2.75) is 44.3 Å². The van der Waals surface area contributed by atoms with E-state index in [2.05, 4.69) is 18.2 Å². The van der Waals surface area contributed by atoms with Gasteiger partial charge in [-0.3, -0.25) is 0 Å². The molecule has 3 aliphatic rings. The van der Waals surface area contributed by atoms with Crippen molar-refractivity contribution in [2.24, 2.45) is 11.8 Å². The van der Waals surface area contributed by atoms with Crippen LogP contribution in [0.4, 0.5) is 0 Å². The van der Waals surface area contributed by atoms with Gasteiger partial charge in [-0.1, -0.05) is 31.0 Å². The van der Waals surface area contributed by atoms with Crippen molar-refractivity contribution in [1.82, 2.24) is 0 Å². The maximum absolute atomic E-state index is 6.44. The van der Waals surface area contributed by atoms with E-state index in [9.17, 15) is 0 Å². The van der Waals surface area contributed by atoms with Crippen molar-refractivity contribution < 1.29 is 9.47 Å². The first-order valence-corrected chi connectivity index (χ1v) is 7.29. The zero-order chi connectivity index (χ0) is 11.9. The number of hydrogen-bond donors (Lipinski definition) is 0. The number of rotatable bonds is 0. The molecule has 1 saturated heterocycles. The zero-order valence-electron chi connectivity index (χ0n) is 10.7. The minimum Gasteiger partial charge on any atom is -0.493 e. The fourth-order valence-corrected chi connectivity index (χ4v) is 3.96. The van der Waals surface area contributed by atoms with Gasteiger partial charge < -0.3 is 9.47 Å². The molecule has 0 unspecified atom stereocenters. The fourth-order valence-electron chi connectivity index (χ4n) is 3.96. The van der Waals surface area contributed by atoms with Crippen LogP contribution in [0.15, 0.2) is 24.3 Å². The summed E-state index contributed by atoms with van der Waals surface area (Å²) in [7, 11) is 0. The molecular weight excluding hydrogens is 224 g/mol. The van der Waals surface area contributed by atoms with Crippen molar-refractivity contribution in [3.63, 3.8) is 0 Å². The third kappa shape index (κ3) is 1.66. The normalized spacial score (nSPS) is 38.0. The Kier molecular flexibility index (Phi) is 2.58. The summed E-state index contributed by atoms with van der Waals surface area (Å²) in [6.45, 7) is 0.838. The van der Waals surface area contributed by atoms with Crippen LogP contribution in [0.3, 0.4) is 0 Å². The number of fused-ring (bicyclic) bond motifs is 4. The first-order valence-electron chi connectivity index (χ1n) is 7.29. The highest BCUT2D eigenvalue weighted by Crippen LogP contribution is 2.48. The third-order valence-corrected chi connectivity index (χ3v) is 4.87. The summed E-state index contributed by atoms with van der Waals surface area (Å²) in [4.78, 5) is 0. The van der Waals surface area contributed by atoms with Crippen molar-refractivity contribution in [3.05, 3.63) is 29.8 Å². The van der Waals surface area contributed by atoms with Crippen molar-refractivity contribution in [1.29, 1.82) is 0 Å². The van der Waals surface area contributed by atoms with Crippen LogP contribution in [0.25, 0.3) is 0 Å². The maximum atomic E-state index is 6.44. The van der Waals surface area contributed by atoms with Crippen LogP contribution in [0.2, 0.25) is 0 Å². The number of ether oxygens (including phenoxy) is 2. The molecule has 0 aromatic heterocycles. The summed E-state index contributed by atoms with van der Waals surface area (Å²) >= 11 is 0. The van der Waals surface area contributed by atoms with E-state index in [-0.39, 0.29) is 6.10 Å². The van der Waals surface area contributed by atoms with Gasteiger partial charge in [0.05, 0.1) is 18.8 Å². The highest BCUT2D eigenvalue weighted by Gasteiger charge is 2.42. The minimum absolute atomic E-state index is 0.286. The third-order valence-electron chi connectivity index (χ3n) is 4.87. The second-order valence-corrected chi connectivity index (χ2v) is 5.98. The fraction of sp³-hybridized carbons (Fsp3) is 0.625. The molecule has 1 saturated carbocycles. The summed E-state index contributed by atoms with van der Waals surface area (Å²) in [6, 6.07) is 8.39. The largest absolute Gasteiger partial charge is 0.493 e. The van der Waals surface area contributed by atoms with Crippen molar-refractivity contribution >= 4 is 0 Å². The van der Waals surface area contributed by atoms with E-state index in [0.717, 1.165) is 18.3 Å². The van der Waals surface area contributed by atoms with E-state index < -0.39 is 0 Å². The quantitative estimate of drug-likeness (QED) is 0.692. The molecule has 2 aliphatic heterocycles. The van der Waals surface area contributed by atoms with Gasteiger partial charge in [0, 0.05) is 11.5 Å². The first kappa shape index (κ1) is 10.9. The van der Waals surface area contributed by atoms with Crippen LogP contribution in [-0.2, 0) is 4.74 Å². The Morgan fingerprint density at radius 2 is 1.89 bits per heavy atom. The maximum Gasteiger partial charge on any atom is 0.125 e. The monoisotopic (exact) mass is 244 g/mol. The van der Waals surface area contributed by atoms with Crippen LogP contribution in [0.1, 0.15) is 43.8 Å². The molecule has 2 heterocycles. The van der Waals surface area contributed by atoms with Gasteiger partial charge in [0.25, 0.3) is 0 Å². The molecule has 2 heteroatoms. The molecule has 0 bridgehead atoms. The van der Waals surface area contributed by atoms with E-state index in [1.165, 1.54) is 37.7 Å². The van der Waals surface area contributed by atoms with E-state index >= 15 is 0 Å². The minimum atomic E-state index is 0.286. The van der Waals surface area contributed by atoms with E-state index in [0.29, 0.717) is 12.0 Å². The average Bonchev–Trinajstić information content (AvgIpc) is 2.45. The van der Waals surface area contributed by atoms with Crippen molar-refractivity contribution in [3.8, 4) is 5.75 Å². The Morgan fingerprint density at radius 1 is 1.00 bits per heavy atom. The molecule has 0 radical (unpaired) electrons. The second-order valence-electron chi connectivity index (χ2n) is 5.98. The Morgan fingerprint density at radius 3 is 2.89 bits per heavy atom. The smallest absolute Gasteiger partial charge is 0.125 e. The average molecular weight is 244 g/mol. The summed E-state index contributed by atoms with van der Waals surface area (Å²) in [5.74, 6) is 2.39. The van der Waals surface area contributed by atoms with Gasteiger partial charge in [-0.05, 0) is 31.2 Å². The van der Waals surface area contributed by atoms with E-state index in [4.69, 9.17) is 9.47 Å². The summed E-state index contributed by atoms with van der Waals surface area (Å²) in [5.41, 5.74) is 1.28. The molecule has 1 aromatic carbocycles. The molecule has 4 atom stereocenters. The van der Waals surface area contributed by atoms with Gasteiger partial charge in [-0.15, -0.1) is 0 Å². The number of hydrogen-bond acceptors (Lipinski definition) is 2. The zero-order valence-corrected chi connectivity index (χ0v) is 10.7. The highest BCUT2D eigenvalue weighted by atomic mass is 16.5. The lowest BCUT2D eigenvalue weighted by Gasteiger charge is -2.46. The first-order chi connectivity index (χ1) is 8.92. The molecule has 0 spiro atoms. The van der Waals surface area contributed by atoms with Crippen LogP contribution < -0.4 is 4.74 Å². The Bertz CT molecular complexity index is 442. The topological polar surface area (TPSA) is 18.5 Å². The molecule has 2 nitrogen and oxygen atoms in total. The van der Waals surface area contributed by atoms with E-state index in [1.54, 1.807) is 0 Å². The van der Waals surface area contributed by atoms with Crippen LogP contribution >= 0.6 is 0 Å². The molecule has 18 heavy (non-hydrogen) atoms. The predicted octanol–water partition coefficient (Wildman–Crippen LogP) is 3.72. The lowest BCUT2D eigenvalue weighted by atomic mass is 9.75. The van der Waals surface area contributed by atoms with Gasteiger partial charge in [-0.2, -0.15) is 0 Å². The summed E-state index contributed by atoms with van der Waals surface area (Å²) in [6.07, 6.45) is 7.44. The Labute approximate surface area is 108 Å². The van der Waals surface area contributed by atoms with Gasteiger partial charge in [0.15, 0.2) is 0 Å². The highest BCUT2D eigenvalue weighted by molar-refractivity contribution is 5.37. The lowest BCUT2D eigenvalue weighted by molar-refractivity contribution is -0.146. The molecule has 2 fully saturated rings. The number of para-hydroxylation sites is 1. The van der Waals surface area contributed by atoms with Crippen LogP contribution in [0, 0.1) is 11.8 Å². The number of benzene rings is 1. The standard InChI is InChI=1S/C16H20O2/c1-3-7-14-11(5-1)9-12-10-17-15-8-4-2-6-13(15)16(12)18-14/h2,4,6,8,11-12,14,16H,1,3,5,7,9-10H2/t11-,12-,14+,16+/m0/s1. The lowest BCUT2D eigenvalue weighted by Crippen LogP contribution is -2.42. The molecule has 0 amide bonds.